The predicted octanol–water partition coefficient (Wildman–Crippen LogP) is 3.23. The first-order valence-corrected chi connectivity index (χ1v) is 11.2. The van der Waals surface area contributed by atoms with Crippen molar-refractivity contribution >= 4 is 45.0 Å². The van der Waals surface area contributed by atoms with Gasteiger partial charge in [0.1, 0.15) is 10.7 Å². The maximum atomic E-state index is 13.6. The summed E-state index contributed by atoms with van der Waals surface area (Å²) in [5.74, 6) is -0.800. The first kappa shape index (κ1) is 21.1. The molecule has 2 aromatic rings. The number of amides is 1. The van der Waals surface area contributed by atoms with Gasteiger partial charge in [-0.1, -0.05) is 23.7 Å². The Hall–Kier alpha value is -1.65. The lowest BCUT2D eigenvalue weighted by molar-refractivity contribution is -0.113. The van der Waals surface area contributed by atoms with Gasteiger partial charge in [-0.05, 0) is 30.3 Å². The lowest BCUT2D eigenvalue weighted by atomic mass is 10.3. The minimum atomic E-state index is -3.80. The molecular formula is C18H18ClFN2O4S2. The molecule has 1 aliphatic heterocycles. The van der Waals surface area contributed by atoms with Gasteiger partial charge in [0.25, 0.3) is 0 Å². The summed E-state index contributed by atoms with van der Waals surface area (Å²) in [6, 6.07) is 10.4. The van der Waals surface area contributed by atoms with Crippen LogP contribution in [0.2, 0.25) is 5.02 Å². The van der Waals surface area contributed by atoms with Crippen LogP contribution in [0.25, 0.3) is 0 Å². The molecule has 0 bridgehead atoms. The molecule has 1 saturated heterocycles. The van der Waals surface area contributed by atoms with Crippen molar-refractivity contribution in [2.24, 2.45) is 0 Å². The highest BCUT2D eigenvalue weighted by Gasteiger charge is 2.28. The summed E-state index contributed by atoms with van der Waals surface area (Å²) >= 11 is 7.16. The van der Waals surface area contributed by atoms with E-state index in [0.29, 0.717) is 23.8 Å². The van der Waals surface area contributed by atoms with E-state index in [0.717, 1.165) is 11.8 Å². The zero-order valence-corrected chi connectivity index (χ0v) is 17.1. The van der Waals surface area contributed by atoms with Crippen LogP contribution in [0.4, 0.5) is 10.1 Å². The number of benzene rings is 2. The Morgan fingerprint density at radius 1 is 1.21 bits per heavy atom. The van der Waals surface area contributed by atoms with Crippen molar-refractivity contribution in [1.29, 1.82) is 0 Å². The van der Waals surface area contributed by atoms with Crippen LogP contribution in [0.1, 0.15) is 0 Å². The molecule has 150 valence electrons. The molecule has 0 spiro atoms. The summed E-state index contributed by atoms with van der Waals surface area (Å²) in [5, 5.41) is 2.70. The van der Waals surface area contributed by atoms with E-state index in [2.05, 4.69) is 5.32 Å². The first-order valence-electron chi connectivity index (χ1n) is 8.42. The maximum Gasteiger partial charge on any atom is 0.244 e. The normalized spacial score (nSPS) is 15.4. The van der Waals surface area contributed by atoms with Gasteiger partial charge in [0.05, 0.1) is 24.0 Å². The number of nitrogens with one attached hydrogen (secondary N) is 1. The summed E-state index contributed by atoms with van der Waals surface area (Å²) in [4.78, 5) is 12.5. The lowest BCUT2D eigenvalue weighted by Crippen LogP contribution is -2.40. The predicted molar refractivity (Wildman–Crippen MR) is 107 cm³/mol. The molecule has 6 nitrogen and oxygen atoms in total. The fourth-order valence-electron chi connectivity index (χ4n) is 2.61. The number of hydrogen-bond donors (Lipinski definition) is 1. The largest absolute Gasteiger partial charge is 0.379 e. The van der Waals surface area contributed by atoms with E-state index >= 15 is 0 Å². The molecule has 0 unspecified atom stereocenters. The molecule has 1 heterocycles. The van der Waals surface area contributed by atoms with Crippen LogP contribution in [-0.4, -0.2) is 50.7 Å². The molecule has 0 radical (unpaired) electrons. The third kappa shape index (κ3) is 5.03. The summed E-state index contributed by atoms with van der Waals surface area (Å²) in [7, 11) is -3.80. The number of halogens is 2. The van der Waals surface area contributed by atoms with Crippen molar-refractivity contribution < 1.29 is 22.3 Å². The van der Waals surface area contributed by atoms with Gasteiger partial charge in [-0.2, -0.15) is 4.31 Å². The highest BCUT2D eigenvalue weighted by Crippen LogP contribution is 2.28. The van der Waals surface area contributed by atoms with E-state index < -0.39 is 15.8 Å². The van der Waals surface area contributed by atoms with Crippen LogP contribution in [0, 0.1) is 5.82 Å². The fourth-order valence-corrected chi connectivity index (χ4v) is 5.25. The number of nitrogens with zero attached hydrogens (tertiary/aromatic N) is 1. The molecule has 2 aromatic carbocycles. The van der Waals surface area contributed by atoms with Crippen LogP contribution < -0.4 is 5.32 Å². The van der Waals surface area contributed by atoms with Crippen molar-refractivity contribution in [2.75, 3.05) is 37.4 Å². The topological polar surface area (TPSA) is 75.7 Å². The third-order valence-electron chi connectivity index (χ3n) is 4.00. The molecule has 1 fully saturated rings. The van der Waals surface area contributed by atoms with Crippen molar-refractivity contribution in [2.45, 2.75) is 9.79 Å². The molecule has 1 N–H and O–H groups in total. The van der Waals surface area contributed by atoms with Crippen LogP contribution in [-0.2, 0) is 19.6 Å². The first-order chi connectivity index (χ1) is 13.4. The minimum Gasteiger partial charge on any atom is -0.379 e. The van der Waals surface area contributed by atoms with E-state index in [-0.39, 0.29) is 34.7 Å². The Morgan fingerprint density at radius 2 is 1.93 bits per heavy atom. The quantitative estimate of drug-likeness (QED) is 0.692. The maximum absolute atomic E-state index is 13.6. The van der Waals surface area contributed by atoms with Crippen molar-refractivity contribution in [3.05, 3.63) is 53.3 Å². The molecule has 0 atom stereocenters. The van der Waals surface area contributed by atoms with Crippen LogP contribution in [0.15, 0.2) is 52.3 Å². The Balaban J connectivity index is 1.70. The molecule has 28 heavy (non-hydrogen) atoms. The van der Waals surface area contributed by atoms with E-state index in [1.54, 1.807) is 18.2 Å². The monoisotopic (exact) mass is 444 g/mol. The number of ether oxygens (including phenoxy) is 1. The number of rotatable bonds is 6. The number of carbonyl (C=O) groups excluding carboxylic acids is 1. The average molecular weight is 445 g/mol. The number of thioether (sulfide) groups is 1. The Kier molecular flexibility index (Phi) is 6.95. The molecule has 1 amide bonds. The Bertz CT molecular complexity index is 966. The number of carbonyl (C=O) groups is 1. The number of hydrogen-bond acceptors (Lipinski definition) is 5. The van der Waals surface area contributed by atoms with Gasteiger partial charge in [0, 0.05) is 23.7 Å². The highest BCUT2D eigenvalue weighted by atomic mass is 35.5. The third-order valence-corrected chi connectivity index (χ3v) is 7.43. The van der Waals surface area contributed by atoms with E-state index in [4.69, 9.17) is 16.3 Å². The number of sulfonamides is 1. The summed E-state index contributed by atoms with van der Waals surface area (Å²) in [6.07, 6.45) is 0. The molecule has 0 aliphatic carbocycles. The number of anilines is 1. The molecule has 3 rings (SSSR count). The van der Waals surface area contributed by atoms with E-state index in [1.807, 2.05) is 0 Å². The lowest BCUT2D eigenvalue weighted by Gasteiger charge is -2.26. The van der Waals surface area contributed by atoms with E-state index in [9.17, 15) is 17.6 Å². The van der Waals surface area contributed by atoms with Crippen LogP contribution >= 0.6 is 23.4 Å². The second-order valence-corrected chi connectivity index (χ2v) is 9.26. The zero-order chi connectivity index (χ0) is 20.1. The van der Waals surface area contributed by atoms with Crippen LogP contribution in [0.5, 0.6) is 0 Å². The molecule has 10 heteroatoms. The highest BCUT2D eigenvalue weighted by molar-refractivity contribution is 8.00. The van der Waals surface area contributed by atoms with Gasteiger partial charge in [-0.3, -0.25) is 4.79 Å². The number of morpholine rings is 1. The smallest absolute Gasteiger partial charge is 0.244 e. The summed E-state index contributed by atoms with van der Waals surface area (Å²) in [6.45, 7) is 1.13. The van der Waals surface area contributed by atoms with Crippen molar-refractivity contribution in [3.63, 3.8) is 0 Å². The molecular weight excluding hydrogens is 427 g/mol. The van der Waals surface area contributed by atoms with Crippen LogP contribution in [0.3, 0.4) is 0 Å². The molecule has 0 aromatic heterocycles. The second kappa shape index (κ2) is 9.23. The fraction of sp³-hybridized carbons (Fsp3) is 0.278. The molecule has 0 saturated carbocycles. The van der Waals surface area contributed by atoms with Crippen molar-refractivity contribution in [1.82, 2.24) is 4.31 Å². The van der Waals surface area contributed by atoms with Gasteiger partial charge in [0.15, 0.2) is 0 Å². The second-order valence-electron chi connectivity index (χ2n) is 5.93. The van der Waals surface area contributed by atoms with E-state index in [1.165, 1.54) is 28.6 Å². The van der Waals surface area contributed by atoms with Gasteiger partial charge < -0.3 is 10.1 Å². The summed E-state index contributed by atoms with van der Waals surface area (Å²) < 4.78 is 45.8. The van der Waals surface area contributed by atoms with Gasteiger partial charge in [-0.15, -0.1) is 11.8 Å². The van der Waals surface area contributed by atoms with Crippen molar-refractivity contribution in [3.8, 4) is 0 Å². The molecule has 1 aliphatic rings. The standard InChI is InChI=1S/C18H18ClFN2O4S2/c19-14-6-5-13(11-17(14)28(24,25)22-7-9-26-10-8-22)21-18(23)12-27-16-4-2-1-3-15(16)20/h1-6,11H,7-10,12H2,(H,21,23). The summed E-state index contributed by atoms with van der Waals surface area (Å²) in [5.41, 5.74) is 0.301. The Labute approximate surface area is 172 Å². The minimum absolute atomic E-state index is 0.0187. The zero-order valence-electron chi connectivity index (χ0n) is 14.7. The van der Waals surface area contributed by atoms with Gasteiger partial charge >= 0.3 is 0 Å². The average Bonchev–Trinajstić information content (AvgIpc) is 2.69. The Morgan fingerprint density at radius 3 is 2.64 bits per heavy atom. The van der Waals surface area contributed by atoms with Gasteiger partial charge in [-0.25, -0.2) is 12.8 Å². The SMILES string of the molecule is O=C(CSc1ccccc1F)Nc1ccc(Cl)c(S(=O)(=O)N2CCOCC2)c1. The van der Waals surface area contributed by atoms with Gasteiger partial charge in [0.2, 0.25) is 15.9 Å².